The Balaban J connectivity index is 1.63. The number of nitrogens with zero attached hydrogens (tertiary/aromatic N) is 2. The molecule has 25 heavy (non-hydrogen) atoms. The van der Waals surface area contributed by atoms with Crippen LogP contribution in [0.1, 0.15) is 5.56 Å². The van der Waals surface area contributed by atoms with E-state index in [4.69, 9.17) is 26.2 Å². The third-order valence-electron chi connectivity index (χ3n) is 4.54. The zero-order valence-electron chi connectivity index (χ0n) is 13.5. The van der Waals surface area contributed by atoms with Gasteiger partial charge in [-0.05, 0) is 30.7 Å². The molecule has 0 aliphatic carbocycles. The number of benzene rings is 2. The van der Waals surface area contributed by atoms with Gasteiger partial charge in [-0.15, -0.1) is 0 Å². The van der Waals surface area contributed by atoms with Crippen molar-refractivity contribution in [3.05, 3.63) is 53.1 Å². The Morgan fingerprint density at radius 3 is 2.64 bits per heavy atom. The Morgan fingerprint density at radius 1 is 1.00 bits per heavy atom. The maximum Gasteiger partial charge on any atom is 0.163 e. The van der Waals surface area contributed by atoms with Gasteiger partial charge in [-0.25, -0.2) is 4.68 Å². The molecule has 0 unspecified atom stereocenters. The topological polar surface area (TPSA) is 48.3 Å². The van der Waals surface area contributed by atoms with E-state index in [2.05, 4.69) is 5.32 Å². The minimum atomic E-state index is 0.571. The van der Waals surface area contributed by atoms with Crippen LogP contribution in [0.15, 0.2) is 42.5 Å². The quantitative estimate of drug-likeness (QED) is 0.758. The number of aromatic nitrogens is 2. The minimum absolute atomic E-state index is 0.571. The molecule has 0 bridgehead atoms. The largest absolute Gasteiger partial charge is 0.486 e. The van der Waals surface area contributed by atoms with Gasteiger partial charge in [-0.2, -0.15) is 5.10 Å². The van der Waals surface area contributed by atoms with Crippen molar-refractivity contribution in [1.29, 1.82) is 0 Å². The first-order chi connectivity index (χ1) is 12.3. The molecular formula is C19H16ClN3O2. The standard InChI is InChI=1S/C19H16ClN3O2/c20-13-3-1-12(2-4-13)18-15-7-8-21-19(15)23(22-18)14-5-6-16-17(11-14)25-10-9-24-16/h1-6,11,21H,7-10H2. The Labute approximate surface area is 150 Å². The second-order valence-corrected chi connectivity index (χ2v) is 6.54. The van der Waals surface area contributed by atoms with Gasteiger partial charge in [0.1, 0.15) is 19.0 Å². The van der Waals surface area contributed by atoms with Gasteiger partial charge < -0.3 is 14.8 Å². The van der Waals surface area contributed by atoms with Gasteiger partial charge in [-0.1, -0.05) is 23.7 Å². The highest BCUT2D eigenvalue weighted by atomic mass is 35.5. The monoisotopic (exact) mass is 353 g/mol. The number of hydrogen-bond acceptors (Lipinski definition) is 4. The van der Waals surface area contributed by atoms with E-state index in [-0.39, 0.29) is 0 Å². The van der Waals surface area contributed by atoms with Crippen LogP contribution in [0.4, 0.5) is 5.82 Å². The Bertz CT molecular complexity index is 950. The summed E-state index contributed by atoms with van der Waals surface area (Å²) in [6, 6.07) is 13.7. The Hall–Kier alpha value is -2.66. The number of nitrogens with one attached hydrogen (secondary N) is 1. The summed E-state index contributed by atoms with van der Waals surface area (Å²) >= 11 is 6.02. The van der Waals surface area contributed by atoms with Crippen molar-refractivity contribution in [2.24, 2.45) is 0 Å². The van der Waals surface area contributed by atoms with Crippen LogP contribution in [0, 0.1) is 0 Å². The maximum atomic E-state index is 6.02. The molecule has 0 atom stereocenters. The minimum Gasteiger partial charge on any atom is -0.486 e. The summed E-state index contributed by atoms with van der Waals surface area (Å²) < 4.78 is 13.3. The summed E-state index contributed by atoms with van der Waals surface area (Å²) in [4.78, 5) is 0. The first-order valence-corrected chi connectivity index (χ1v) is 8.69. The van der Waals surface area contributed by atoms with Crippen LogP contribution in [0.2, 0.25) is 5.02 Å². The summed E-state index contributed by atoms with van der Waals surface area (Å²) in [5.74, 6) is 2.59. The predicted molar refractivity (Wildman–Crippen MR) is 97.2 cm³/mol. The van der Waals surface area contributed by atoms with E-state index < -0.39 is 0 Å². The number of halogens is 1. The van der Waals surface area contributed by atoms with Crippen LogP contribution in [0.5, 0.6) is 11.5 Å². The molecular weight excluding hydrogens is 338 g/mol. The molecule has 0 spiro atoms. The molecule has 0 amide bonds. The lowest BCUT2D eigenvalue weighted by molar-refractivity contribution is 0.171. The summed E-state index contributed by atoms with van der Waals surface area (Å²) in [7, 11) is 0. The van der Waals surface area contributed by atoms with Crippen molar-refractivity contribution >= 4 is 17.4 Å². The summed E-state index contributed by atoms with van der Waals surface area (Å²) in [5, 5.41) is 9.04. The molecule has 0 saturated carbocycles. The normalized spacial score (nSPS) is 14.9. The van der Waals surface area contributed by atoms with Gasteiger partial charge in [0.15, 0.2) is 11.5 Å². The number of anilines is 1. The van der Waals surface area contributed by atoms with E-state index in [0.717, 1.165) is 52.2 Å². The van der Waals surface area contributed by atoms with Crippen LogP contribution >= 0.6 is 11.6 Å². The molecule has 6 heteroatoms. The van der Waals surface area contributed by atoms with Crippen molar-refractivity contribution in [3.8, 4) is 28.4 Å². The van der Waals surface area contributed by atoms with Crippen LogP contribution in [0.3, 0.4) is 0 Å². The van der Waals surface area contributed by atoms with Gasteiger partial charge in [0.2, 0.25) is 0 Å². The first kappa shape index (κ1) is 14.7. The number of fused-ring (bicyclic) bond motifs is 2. The first-order valence-electron chi connectivity index (χ1n) is 8.31. The molecule has 0 fully saturated rings. The van der Waals surface area contributed by atoms with Gasteiger partial charge in [0.25, 0.3) is 0 Å². The fourth-order valence-corrected chi connectivity index (χ4v) is 3.49. The zero-order valence-corrected chi connectivity index (χ0v) is 14.2. The average Bonchev–Trinajstić information content (AvgIpc) is 3.25. The molecule has 3 heterocycles. The second kappa shape index (κ2) is 5.70. The third kappa shape index (κ3) is 2.43. The predicted octanol–water partition coefficient (Wildman–Crippen LogP) is 3.93. The van der Waals surface area contributed by atoms with Crippen LogP contribution in [-0.4, -0.2) is 29.5 Å². The van der Waals surface area contributed by atoms with E-state index in [1.165, 1.54) is 5.56 Å². The molecule has 126 valence electrons. The van der Waals surface area contributed by atoms with E-state index in [1.807, 2.05) is 47.1 Å². The highest BCUT2D eigenvalue weighted by Crippen LogP contribution is 2.37. The summed E-state index contributed by atoms with van der Waals surface area (Å²) in [6.45, 7) is 2.08. The highest BCUT2D eigenvalue weighted by molar-refractivity contribution is 6.30. The molecule has 3 aromatic rings. The van der Waals surface area contributed by atoms with Gasteiger partial charge in [0, 0.05) is 28.8 Å². The maximum absolute atomic E-state index is 6.02. The Morgan fingerprint density at radius 2 is 1.80 bits per heavy atom. The van der Waals surface area contributed by atoms with Crippen molar-refractivity contribution in [2.45, 2.75) is 6.42 Å². The highest BCUT2D eigenvalue weighted by Gasteiger charge is 2.24. The molecule has 0 saturated heterocycles. The number of hydrogen-bond donors (Lipinski definition) is 1. The molecule has 1 aromatic heterocycles. The molecule has 0 radical (unpaired) electrons. The summed E-state index contributed by atoms with van der Waals surface area (Å²) in [5.41, 5.74) is 4.25. The van der Waals surface area contributed by atoms with Gasteiger partial charge in [-0.3, -0.25) is 0 Å². The molecule has 5 nitrogen and oxygen atoms in total. The van der Waals surface area contributed by atoms with Crippen molar-refractivity contribution < 1.29 is 9.47 Å². The van der Waals surface area contributed by atoms with E-state index in [1.54, 1.807) is 0 Å². The Kier molecular flexibility index (Phi) is 3.35. The van der Waals surface area contributed by atoms with Gasteiger partial charge >= 0.3 is 0 Å². The van der Waals surface area contributed by atoms with Crippen LogP contribution in [0.25, 0.3) is 16.9 Å². The molecule has 2 aliphatic rings. The SMILES string of the molecule is Clc1ccc(-c2nn(-c3ccc4c(c3)OCCO4)c3c2CCN3)cc1. The van der Waals surface area contributed by atoms with E-state index in [0.29, 0.717) is 13.2 Å². The molecule has 2 aliphatic heterocycles. The van der Waals surface area contributed by atoms with Crippen molar-refractivity contribution in [3.63, 3.8) is 0 Å². The lowest BCUT2D eigenvalue weighted by atomic mass is 10.1. The van der Waals surface area contributed by atoms with Crippen LogP contribution in [-0.2, 0) is 6.42 Å². The molecule has 5 rings (SSSR count). The van der Waals surface area contributed by atoms with Gasteiger partial charge in [0.05, 0.1) is 11.4 Å². The van der Waals surface area contributed by atoms with Crippen molar-refractivity contribution in [2.75, 3.05) is 25.1 Å². The fraction of sp³-hybridized carbons (Fsp3) is 0.211. The fourth-order valence-electron chi connectivity index (χ4n) is 3.36. The number of ether oxygens (including phenoxy) is 2. The average molecular weight is 354 g/mol. The third-order valence-corrected chi connectivity index (χ3v) is 4.79. The smallest absolute Gasteiger partial charge is 0.163 e. The molecule has 1 N–H and O–H groups in total. The summed E-state index contributed by atoms with van der Waals surface area (Å²) in [6.07, 6.45) is 0.956. The number of rotatable bonds is 2. The lowest BCUT2D eigenvalue weighted by Crippen LogP contribution is -2.15. The molecule has 2 aromatic carbocycles. The lowest BCUT2D eigenvalue weighted by Gasteiger charge is -2.19. The van der Waals surface area contributed by atoms with Crippen molar-refractivity contribution in [1.82, 2.24) is 9.78 Å². The van der Waals surface area contributed by atoms with E-state index in [9.17, 15) is 0 Å². The van der Waals surface area contributed by atoms with E-state index >= 15 is 0 Å². The second-order valence-electron chi connectivity index (χ2n) is 6.10. The zero-order chi connectivity index (χ0) is 16.8. The van der Waals surface area contributed by atoms with Crippen LogP contribution < -0.4 is 14.8 Å².